The molecule has 0 amide bonds. The molecule has 88 valence electrons. The highest BCUT2D eigenvalue weighted by Gasteiger charge is 2.15. The topological polar surface area (TPSA) is 20.2 Å². The quantitative estimate of drug-likeness (QED) is 0.801. The lowest BCUT2D eigenvalue weighted by atomic mass is 10.0. The molecule has 0 atom stereocenters. The first kappa shape index (κ1) is 11.5. The normalized spacial score (nSPS) is 10.6. The Balaban J connectivity index is 2.65. The van der Waals surface area contributed by atoms with Crippen molar-refractivity contribution >= 4 is 0 Å². The van der Waals surface area contributed by atoms with Crippen LogP contribution in [0.3, 0.4) is 0 Å². The van der Waals surface area contributed by atoms with E-state index >= 15 is 0 Å². The summed E-state index contributed by atoms with van der Waals surface area (Å²) in [6, 6.07) is 5.96. The van der Waals surface area contributed by atoms with Crippen molar-refractivity contribution in [1.29, 1.82) is 0 Å². The summed E-state index contributed by atoms with van der Waals surface area (Å²) in [5.74, 6) is -3.14. The Morgan fingerprint density at radius 3 is 2.18 bits per heavy atom. The highest BCUT2D eigenvalue weighted by Crippen LogP contribution is 2.29. The second-order valence-corrected chi connectivity index (χ2v) is 3.72. The second kappa shape index (κ2) is 4.13. The van der Waals surface area contributed by atoms with Gasteiger partial charge in [-0.15, -0.1) is 0 Å². The Bertz CT molecular complexity index is 579. The van der Waals surface area contributed by atoms with E-state index in [0.717, 1.165) is 6.07 Å². The molecule has 0 spiro atoms. The van der Waals surface area contributed by atoms with Gasteiger partial charge in [0.1, 0.15) is 11.6 Å². The van der Waals surface area contributed by atoms with Gasteiger partial charge in [-0.05, 0) is 24.6 Å². The Morgan fingerprint density at radius 1 is 0.882 bits per heavy atom. The summed E-state index contributed by atoms with van der Waals surface area (Å²) in [4.78, 5) is 0. The van der Waals surface area contributed by atoms with E-state index < -0.39 is 17.5 Å². The number of phenolic OH excluding ortho intramolecular Hbond substituents is 1. The lowest BCUT2D eigenvalue weighted by molar-refractivity contribution is 0.469. The van der Waals surface area contributed by atoms with Crippen LogP contribution in [0, 0.1) is 24.4 Å². The maximum Gasteiger partial charge on any atom is 0.167 e. The SMILES string of the molecule is Cc1ccc(-c2ccc(O)cc2F)c(F)c1F. The predicted octanol–water partition coefficient (Wildman–Crippen LogP) is 3.78. The van der Waals surface area contributed by atoms with Gasteiger partial charge in [0.25, 0.3) is 0 Å². The van der Waals surface area contributed by atoms with Gasteiger partial charge in [-0.2, -0.15) is 0 Å². The molecule has 0 unspecified atom stereocenters. The van der Waals surface area contributed by atoms with E-state index in [1.807, 2.05) is 0 Å². The van der Waals surface area contributed by atoms with Crippen molar-refractivity contribution in [2.45, 2.75) is 6.92 Å². The zero-order valence-electron chi connectivity index (χ0n) is 8.97. The molecule has 0 aliphatic heterocycles. The van der Waals surface area contributed by atoms with Gasteiger partial charge in [-0.3, -0.25) is 0 Å². The summed E-state index contributed by atoms with van der Waals surface area (Å²) >= 11 is 0. The van der Waals surface area contributed by atoms with Crippen LogP contribution in [0.15, 0.2) is 30.3 Å². The van der Waals surface area contributed by atoms with E-state index in [4.69, 9.17) is 5.11 Å². The number of hydrogen-bond donors (Lipinski definition) is 1. The zero-order chi connectivity index (χ0) is 12.6. The number of rotatable bonds is 1. The van der Waals surface area contributed by atoms with E-state index in [2.05, 4.69) is 0 Å². The average Bonchev–Trinajstić information content (AvgIpc) is 2.28. The van der Waals surface area contributed by atoms with Gasteiger partial charge >= 0.3 is 0 Å². The molecule has 0 aromatic heterocycles. The lowest BCUT2D eigenvalue weighted by Gasteiger charge is -2.07. The molecule has 2 aromatic rings. The van der Waals surface area contributed by atoms with Crippen LogP contribution >= 0.6 is 0 Å². The molecule has 1 N–H and O–H groups in total. The highest BCUT2D eigenvalue weighted by molar-refractivity contribution is 5.66. The summed E-state index contributed by atoms with van der Waals surface area (Å²) in [5.41, 5.74) is -0.0877. The zero-order valence-corrected chi connectivity index (χ0v) is 8.97. The first-order chi connectivity index (χ1) is 8.00. The monoisotopic (exact) mass is 238 g/mol. The molecule has 1 nitrogen and oxygen atoms in total. The number of benzene rings is 2. The van der Waals surface area contributed by atoms with Gasteiger partial charge in [-0.25, -0.2) is 13.2 Å². The summed E-state index contributed by atoms with van der Waals surface area (Å²) in [6.07, 6.45) is 0. The van der Waals surface area contributed by atoms with Crippen molar-refractivity contribution < 1.29 is 18.3 Å². The van der Waals surface area contributed by atoms with E-state index in [9.17, 15) is 13.2 Å². The molecule has 0 saturated carbocycles. The molecular weight excluding hydrogens is 229 g/mol. The largest absolute Gasteiger partial charge is 0.508 e. The minimum atomic E-state index is -1.09. The number of aromatic hydroxyl groups is 1. The van der Waals surface area contributed by atoms with Crippen LogP contribution in [0.2, 0.25) is 0 Å². The van der Waals surface area contributed by atoms with Crippen LogP contribution in [0.25, 0.3) is 11.1 Å². The molecular formula is C13H9F3O. The molecule has 2 rings (SSSR count). The van der Waals surface area contributed by atoms with Gasteiger partial charge in [0.15, 0.2) is 11.6 Å². The Hall–Kier alpha value is -1.97. The van der Waals surface area contributed by atoms with E-state index in [-0.39, 0.29) is 22.4 Å². The molecule has 0 heterocycles. The molecule has 0 aliphatic rings. The maximum atomic E-state index is 13.6. The summed E-state index contributed by atoms with van der Waals surface area (Å²) in [7, 11) is 0. The Labute approximate surface area is 96.1 Å². The van der Waals surface area contributed by atoms with Crippen LogP contribution in [0.5, 0.6) is 5.75 Å². The van der Waals surface area contributed by atoms with Crippen molar-refractivity contribution in [3.8, 4) is 16.9 Å². The first-order valence-electron chi connectivity index (χ1n) is 4.94. The fourth-order valence-electron chi connectivity index (χ4n) is 1.58. The molecule has 2 aromatic carbocycles. The van der Waals surface area contributed by atoms with Gasteiger partial charge in [-0.1, -0.05) is 12.1 Å². The van der Waals surface area contributed by atoms with Gasteiger partial charge in [0, 0.05) is 17.2 Å². The van der Waals surface area contributed by atoms with E-state index in [0.29, 0.717) is 0 Å². The lowest BCUT2D eigenvalue weighted by Crippen LogP contribution is -1.94. The van der Waals surface area contributed by atoms with Crippen LogP contribution in [-0.2, 0) is 0 Å². The van der Waals surface area contributed by atoms with Gasteiger partial charge in [0.2, 0.25) is 0 Å². The maximum absolute atomic E-state index is 13.6. The standard InChI is InChI=1S/C13H9F3O/c1-7-2-4-10(13(16)12(7)15)9-5-3-8(17)6-11(9)14/h2-6,17H,1H3. The first-order valence-corrected chi connectivity index (χ1v) is 4.94. The van der Waals surface area contributed by atoms with Crippen LogP contribution in [0.4, 0.5) is 13.2 Å². The second-order valence-electron chi connectivity index (χ2n) is 3.72. The molecule has 0 radical (unpaired) electrons. The Morgan fingerprint density at radius 2 is 1.53 bits per heavy atom. The number of phenols is 1. The summed E-state index contributed by atoms with van der Waals surface area (Å²) in [6.45, 7) is 1.43. The fraction of sp³-hybridized carbons (Fsp3) is 0.0769. The van der Waals surface area contributed by atoms with Gasteiger partial charge < -0.3 is 5.11 Å². The third-order valence-corrected chi connectivity index (χ3v) is 2.52. The summed E-state index contributed by atoms with van der Waals surface area (Å²) < 4.78 is 40.5. The van der Waals surface area contributed by atoms with Crippen molar-refractivity contribution in [3.05, 3.63) is 53.3 Å². The third-order valence-electron chi connectivity index (χ3n) is 2.52. The molecule has 4 heteroatoms. The van der Waals surface area contributed by atoms with Gasteiger partial charge in [0.05, 0.1) is 0 Å². The third kappa shape index (κ3) is 1.98. The van der Waals surface area contributed by atoms with Crippen LogP contribution in [-0.4, -0.2) is 5.11 Å². The number of halogens is 3. The molecule has 0 aliphatic carbocycles. The minimum absolute atomic E-state index is 0.0841. The average molecular weight is 238 g/mol. The predicted molar refractivity (Wildman–Crippen MR) is 58.2 cm³/mol. The molecule has 0 bridgehead atoms. The highest BCUT2D eigenvalue weighted by atomic mass is 19.2. The Kier molecular flexibility index (Phi) is 2.79. The van der Waals surface area contributed by atoms with E-state index in [1.54, 1.807) is 0 Å². The smallest absolute Gasteiger partial charge is 0.167 e. The minimum Gasteiger partial charge on any atom is -0.508 e. The van der Waals surface area contributed by atoms with Crippen molar-refractivity contribution in [2.24, 2.45) is 0 Å². The van der Waals surface area contributed by atoms with Crippen molar-refractivity contribution in [3.63, 3.8) is 0 Å². The van der Waals surface area contributed by atoms with Crippen molar-refractivity contribution in [1.82, 2.24) is 0 Å². The fourth-order valence-corrected chi connectivity index (χ4v) is 1.58. The number of aryl methyl sites for hydroxylation is 1. The van der Waals surface area contributed by atoms with E-state index in [1.165, 1.54) is 31.2 Å². The molecule has 0 saturated heterocycles. The molecule has 17 heavy (non-hydrogen) atoms. The number of hydrogen-bond acceptors (Lipinski definition) is 1. The van der Waals surface area contributed by atoms with Crippen molar-refractivity contribution in [2.75, 3.05) is 0 Å². The summed E-state index contributed by atoms with van der Waals surface area (Å²) in [5, 5.41) is 9.04. The van der Waals surface area contributed by atoms with Crippen LogP contribution < -0.4 is 0 Å². The molecule has 0 fully saturated rings. The van der Waals surface area contributed by atoms with Crippen LogP contribution in [0.1, 0.15) is 5.56 Å².